The molecular weight excluding hydrogens is 158 g/mol. The first kappa shape index (κ1) is 9.32. The number of aliphatic hydroxyl groups is 1. The van der Waals surface area contributed by atoms with Crippen molar-refractivity contribution in [3.63, 3.8) is 0 Å². The molecule has 4 nitrogen and oxygen atoms in total. The molecular formula is C8H15NO3. The molecule has 70 valence electrons. The monoisotopic (exact) mass is 173 g/mol. The fourth-order valence-corrected chi connectivity index (χ4v) is 1.60. The van der Waals surface area contributed by atoms with E-state index >= 15 is 0 Å². The minimum absolute atomic E-state index is 0.103. The fraction of sp³-hybridized carbons (Fsp3) is 0.875. The Morgan fingerprint density at radius 1 is 1.33 bits per heavy atom. The van der Waals surface area contributed by atoms with Gasteiger partial charge in [0.2, 0.25) is 0 Å². The highest BCUT2D eigenvalue weighted by Crippen LogP contribution is 2.21. The molecule has 1 fully saturated rings. The Balaban J connectivity index is 2.39. The number of hydrogen-bond acceptors (Lipinski definition) is 2. The van der Waals surface area contributed by atoms with E-state index in [0.29, 0.717) is 0 Å². The van der Waals surface area contributed by atoms with Gasteiger partial charge in [0.05, 0.1) is 6.10 Å². The maximum absolute atomic E-state index is 10.5. The van der Waals surface area contributed by atoms with Crippen molar-refractivity contribution in [2.24, 2.45) is 0 Å². The van der Waals surface area contributed by atoms with Gasteiger partial charge in [0, 0.05) is 13.1 Å². The third-order valence-corrected chi connectivity index (χ3v) is 2.52. The number of carbonyl (C=O) groups is 1. The van der Waals surface area contributed by atoms with E-state index in [2.05, 4.69) is 0 Å². The van der Waals surface area contributed by atoms with Gasteiger partial charge in [0.15, 0.2) is 0 Å². The summed E-state index contributed by atoms with van der Waals surface area (Å²) in [6, 6.07) is 0.103. The number of aliphatic hydroxyl groups excluding tert-OH is 1. The normalized spacial score (nSPS) is 29.8. The van der Waals surface area contributed by atoms with E-state index in [0.717, 1.165) is 25.7 Å². The molecule has 0 heterocycles. The van der Waals surface area contributed by atoms with Crippen LogP contribution in [0.3, 0.4) is 0 Å². The molecule has 0 atom stereocenters. The van der Waals surface area contributed by atoms with Gasteiger partial charge in [-0.25, -0.2) is 4.79 Å². The molecule has 0 aromatic rings. The van der Waals surface area contributed by atoms with Gasteiger partial charge in [-0.3, -0.25) is 0 Å². The molecule has 1 saturated carbocycles. The van der Waals surface area contributed by atoms with Crippen LogP contribution in [-0.4, -0.2) is 40.4 Å². The second-order valence-corrected chi connectivity index (χ2v) is 3.36. The molecule has 2 N–H and O–H groups in total. The zero-order valence-electron chi connectivity index (χ0n) is 7.23. The van der Waals surface area contributed by atoms with Gasteiger partial charge in [-0.1, -0.05) is 0 Å². The van der Waals surface area contributed by atoms with Crippen LogP contribution in [0.5, 0.6) is 0 Å². The summed E-state index contributed by atoms with van der Waals surface area (Å²) in [6.45, 7) is 0. The van der Waals surface area contributed by atoms with Gasteiger partial charge in [0.1, 0.15) is 0 Å². The van der Waals surface area contributed by atoms with Crippen molar-refractivity contribution in [2.75, 3.05) is 7.05 Å². The van der Waals surface area contributed by atoms with Crippen LogP contribution in [0.15, 0.2) is 0 Å². The van der Waals surface area contributed by atoms with Crippen molar-refractivity contribution >= 4 is 6.09 Å². The molecule has 0 aromatic carbocycles. The lowest BCUT2D eigenvalue weighted by Gasteiger charge is -2.31. The number of hydrogen-bond donors (Lipinski definition) is 2. The summed E-state index contributed by atoms with van der Waals surface area (Å²) in [5, 5.41) is 17.8. The molecule has 12 heavy (non-hydrogen) atoms. The second-order valence-electron chi connectivity index (χ2n) is 3.36. The summed E-state index contributed by atoms with van der Waals surface area (Å²) in [7, 11) is 1.59. The van der Waals surface area contributed by atoms with Gasteiger partial charge in [-0.15, -0.1) is 0 Å². The highest BCUT2D eigenvalue weighted by atomic mass is 16.4. The quantitative estimate of drug-likeness (QED) is 0.619. The van der Waals surface area contributed by atoms with Gasteiger partial charge in [-0.05, 0) is 25.7 Å². The summed E-state index contributed by atoms with van der Waals surface area (Å²) in [5.74, 6) is 0. The molecule has 0 aromatic heterocycles. The Hall–Kier alpha value is -0.770. The molecule has 1 amide bonds. The van der Waals surface area contributed by atoms with E-state index in [-0.39, 0.29) is 12.1 Å². The van der Waals surface area contributed by atoms with Crippen LogP contribution in [0.25, 0.3) is 0 Å². The smallest absolute Gasteiger partial charge is 0.407 e. The lowest BCUT2D eigenvalue weighted by molar-refractivity contribution is 0.0786. The van der Waals surface area contributed by atoms with Crippen molar-refractivity contribution in [1.82, 2.24) is 4.90 Å². The first-order chi connectivity index (χ1) is 5.61. The Labute approximate surface area is 71.8 Å². The van der Waals surface area contributed by atoms with E-state index in [9.17, 15) is 9.90 Å². The van der Waals surface area contributed by atoms with E-state index in [4.69, 9.17) is 5.11 Å². The number of carboxylic acid groups (broad SMARTS) is 1. The van der Waals surface area contributed by atoms with Gasteiger partial charge >= 0.3 is 6.09 Å². The molecule has 0 saturated heterocycles. The van der Waals surface area contributed by atoms with E-state index < -0.39 is 6.09 Å². The summed E-state index contributed by atoms with van der Waals surface area (Å²) >= 11 is 0. The van der Waals surface area contributed by atoms with E-state index in [1.165, 1.54) is 4.90 Å². The van der Waals surface area contributed by atoms with Gasteiger partial charge < -0.3 is 15.1 Å². The van der Waals surface area contributed by atoms with Gasteiger partial charge in [-0.2, -0.15) is 0 Å². The third-order valence-electron chi connectivity index (χ3n) is 2.52. The molecule has 1 rings (SSSR count). The molecule has 0 aliphatic heterocycles. The predicted octanol–water partition coefficient (Wildman–Crippen LogP) is 0.900. The maximum Gasteiger partial charge on any atom is 0.407 e. The lowest BCUT2D eigenvalue weighted by atomic mass is 9.92. The summed E-state index contributed by atoms with van der Waals surface area (Å²) in [5.41, 5.74) is 0. The molecule has 4 heteroatoms. The van der Waals surface area contributed by atoms with Crippen molar-refractivity contribution < 1.29 is 15.0 Å². The minimum atomic E-state index is -0.878. The first-order valence-electron chi connectivity index (χ1n) is 4.25. The SMILES string of the molecule is CN(C(=O)O)C1CCC(O)CC1. The fourth-order valence-electron chi connectivity index (χ4n) is 1.60. The first-order valence-corrected chi connectivity index (χ1v) is 4.25. The highest BCUT2D eigenvalue weighted by Gasteiger charge is 2.24. The average Bonchev–Trinajstić information content (AvgIpc) is 2.04. The Morgan fingerprint density at radius 3 is 2.25 bits per heavy atom. The van der Waals surface area contributed by atoms with Crippen molar-refractivity contribution in [3.05, 3.63) is 0 Å². The second kappa shape index (κ2) is 3.76. The Kier molecular flexibility index (Phi) is 2.92. The van der Waals surface area contributed by atoms with Crippen LogP contribution >= 0.6 is 0 Å². The largest absolute Gasteiger partial charge is 0.465 e. The standard InChI is InChI=1S/C8H15NO3/c1-9(8(11)12)6-2-4-7(10)5-3-6/h6-7,10H,2-5H2,1H3,(H,11,12). The molecule has 0 bridgehead atoms. The van der Waals surface area contributed by atoms with Crippen LogP contribution < -0.4 is 0 Å². The summed E-state index contributed by atoms with van der Waals surface area (Å²) in [4.78, 5) is 11.9. The Morgan fingerprint density at radius 2 is 1.83 bits per heavy atom. The molecule has 1 aliphatic rings. The van der Waals surface area contributed by atoms with Crippen LogP contribution in [0.2, 0.25) is 0 Å². The number of rotatable bonds is 1. The van der Waals surface area contributed by atoms with Crippen molar-refractivity contribution in [1.29, 1.82) is 0 Å². The molecule has 0 spiro atoms. The number of nitrogens with zero attached hydrogens (tertiary/aromatic N) is 1. The van der Waals surface area contributed by atoms with Crippen LogP contribution in [0, 0.1) is 0 Å². The zero-order valence-corrected chi connectivity index (χ0v) is 7.23. The molecule has 0 radical (unpaired) electrons. The van der Waals surface area contributed by atoms with E-state index in [1.807, 2.05) is 0 Å². The van der Waals surface area contributed by atoms with Gasteiger partial charge in [0.25, 0.3) is 0 Å². The highest BCUT2D eigenvalue weighted by molar-refractivity contribution is 5.64. The van der Waals surface area contributed by atoms with Crippen molar-refractivity contribution in [2.45, 2.75) is 37.8 Å². The molecule has 0 unspecified atom stereocenters. The van der Waals surface area contributed by atoms with Crippen molar-refractivity contribution in [3.8, 4) is 0 Å². The van der Waals surface area contributed by atoms with Crippen LogP contribution in [0.4, 0.5) is 4.79 Å². The summed E-state index contributed by atoms with van der Waals surface area (Å²) < 4.78 is 0. The minimum Gasteiger partial charge on any atom is -0.465 e. The lowest BCUT2D eigenvalue weighted by Crippen LogP contribution is -2.39. The summed E-state index contributed by atoms with van der Waals surface area (Å²) in [6.07, 6.45) is 1.92. The van der Waals surface area contributed by atoms with Crippen LogP contribution in [-0.2, 0) is 0 Å². The maximum atomic E-state index is 10.5. The zero-order chi connectivity index (χ0) is 9.14. The average molecular weight is 173 g/mol. The van der Waals surface area contributed by atoms with Crippen LogP contribution in [0.1, 0.15) is 25.7 Å². The topological polar surface area (TPSA) is 60.8 Å². The predicted molar refractivity (Wildman–Crippen MR) is 44.1 cm³/mol. The third kappa shape index (κ3) is 2.11. The van der Waals surface area contributed by atoms with E-state index in [1.54, 1.807) is 7.05 Å². The number of amides is 1. The Bertz CT molecular complexity index is 164. The molecule has 1 aliphatic carbocycles.